The zero-order valence-corrected chi connectivity index (χ0v) is 12.3. The summed E-state index contributed by atoms with van der Waals surface area (Å²) in [6, 6.07) is 0.598. The van der Waals surface area contributed by atoms with Crippen LogP contribution in [0.3, 0.4) is 0 Å². The Labute approximate surface area is 114 Å². The van der Waals surface area contributed by atoms with E-state index in [1.165, 1.54) is 12.8 Å². The van der Waals surface area contributed by atoms with Gasteiger partial charge in [-0.05, 0) is 32.9 Å². The molecule has 2 rings (SSSR count). The van der Waals surface area contributed by atoms with E-state index < -0.39 is 0 Å². The van der Waals surface area contributed by atoms with E-state index in [1.807, 2.05) is 18.7 Å². The van der Waals surface area contributed by atoms with Crippen LogP contribution in [0.2, 0.25) is 5.02 Å². The molecule has 0 saturated carbocycles. The Morgan fingerprint density at radius 3 is 2.89 bits per heavy atom. The Hall–Kier alpha value is -0.580. The first kappa shape index (κ1) is 13.8. The molecule has 18 heavy (non-hydrogen) atoms. The molecule has 0 spiro atoms. The zero-order chi connectivity index (χ0) is 13.1. The van der Waals surface area contributed by atoms with Gasteiger partial charge in [-0.2, -0.15) is 5.10 Å². The van der Waals surface area contributed by atoms with Crippen LogP contribution < -0.4 is 5.32 Å². The third-order valence-corrected chi connectivity index (χ3v) is 4.18. The van der Waals surface area contributed by atoms with E-state index >= 15 is 0 Å². The maximum absolute atomic E-state index is 6.32. The normalized spacial score (nSPS) is 22.1. The summed E-state index contributed by atoms with van der Waals surface area (Å²) in [7, 11) is 1.97. The Balaban J connectivity index is 2.07. The van der Waals surface area contributed by atoms with E-state index in [-0.39, 0.29) is 0 Å². The minimum atomic E-state index is 0.598. The van der Waals surface area contributed by atoms with Crippen LogP contribution in [-0.2, 0) is 13.6 Å². The highest BCUT2D eigenvalue weighted by Gasteiger charge is 2.19. The predicted octanol–water partition coefficient (Wildman–Crippen LogP) is 1.96. The summed E-state index contributed by atoms with van der Waals surface area (Å²) in [6.45, 7) is 8.44. The quantitative estimate of drug-likeness (QED) is 0.912. The van der Waals surface area contributed by atoms with Gasteiger partial charge in [0.1, 0.15) is 0 Å². The molecule has 1 unspecified atom stereocenters. The standard InChI is InChI=1S/C13H23ClN4/c1-4-11-8-18(7-5-6-15-11)9-12-13(14)10(2)16-17(12)3/h11,15H,4-9H2,1-3H3. The molecule has 1 aromatic rings. The second-order valence-electron chi connectivity index (χ2n) is 5.12. The van der Waals surface area contributed by atoms with E-state index in [0.717, 1.165) is 42.6 Å². The molecule has 1 aliphatic rings. The van der Waals surface area contributed by atoms with E-state index in [4.69, 9.17) is 11.6 Å². The molecule has 1 atom stereocenters. The van der Waals surface area contributed by atoms with Crippen molar-refractivity contribution in [1.29, 1.82) is 0 Å². The van der Waals surface area contributed by atoms with Crippen LogP contribution in [0.25, 0.3) is 0 Å². The average molecular weight is 271 g/mol. The number of aryl methyl sites for hydroxylation is 2. The lowest BCUT2D eigenvalue weighted by atomic mass is 10.2. The van der Waals surface area contributed by atoms with Crippen molar-refractivity contribution in [3.8, 4) is 0 Å². The topological polar surface area (TPSA) is 33.1 Å². The smallest absolute Gasteiger partial charge is 0.0860 e. The summed E-state index contributed by atoms with van der Waals surface area (Å²) in [5, 5.41) is 8.79. The fraction of sp³-hybridized carbons (Fsp3) is 0.769. The molecule has 2 heterocycles. The van der Waals surface area contributed by atoms with Gasteiger partial charge in [-0.15, -0.1) is 0 Å². The summed E-state index contributed by atoms with van der Waals surface area (Å²) in [5.74, 6) is 0. The highest BCUT2D eigenvalue weighted by Crippen LogP contribution is 2.21. The van der Waals surface area contributed by atoms with E-state index in [0.29, 0.717) is 6.04 Å². The van der Waals surface area contributed by atoms with Gasteiger partial charge in [-0.3, -0.25) is 9.58 Å². The highest BCUT2D eigenvalue weighted by molar-refractivity contribution is 6.31. The minimum absolute atomic E-state index is 0.598. The van der Waals surface area contributed by atoms with Crippen molar-refractivity contribution in [3.05, 3.63) is 16.4 Å². The van der Waals surface area contributed by atoms with Gasteiger partial charge in [0.05, 0.1) is 16.4 Å². The molecule has 1 fully saturated rings. The molecule has 0 aliphatic carbocycles. The summed E-state index contributed by atoms with van der Waals surface area (Å²) in [5.41, 5.74) is 2.06. The fourth-order valence-corrected chi connectivity index (χ4v) is 2.78. The van der Waals surface area contributed by atoms with Crippen molar-refractivity contribution in [2.24, 2.45) is 7.05 Å². The molecule has 1 N–H and O–H groups in total. The SMILES string of the molecule is CCC1CN(Cc2c(Cl)c(C)nn2C)CCCN1. The van der Waals surface area contributed by atoms with Crippen molar-refractivity contribution in [2.45, 2.75) is 39.3 Å². The predicted molar refractivity (Wildman–Crippen MR) is 74.9 cm³/mol. The van der Waals surface area contributed by atoms with Gasteiger partial charge in [0.15, 0.2) is 0 Å². The highest BCUT2D eigenvalue weighted by atomic mass is 35.5. The first-order valence-electron chi connectivity index (χ1n) is 6.75. The van der Waals surface area contributed by atoms with Crippen molar-refractivity contribution >= 4 is 11.6 Å². The van der Waals surface area contributed by atoms with Gasteiger partial charge in [0.25, 0.3) is 0 Å². The molecular weight excluding hydrogens is 248 g/mol. The van der Waals surface area contributed by atoms with Crippen LogP contribution in [0.15, 0.2) is 0 Å². The van der Waals surface area contributed by atoms with Crippen LogP contribution in [0, 0.1) is 6.92 Å². The number of aromatic nitrogens is 2. The number of rotatable bonds is 3. The first-order valence-corrected chi connectivity index (χ1v) is 7.13. The van der Waals surface area contributed by atoms with Crippen LogP contribution in [0.1, 0.15) is 31.2 Å². The first-order chi connectivity index (χ1) is 8.61. The maximum atomic E-state index is 6.32. The van der Waals surface area contributed by atoms with Crippen molar-refractivity contribution in [3.63, 3.8) is 0 Å². The molecule has 1 saturated heterocycles. The average Bonchev–Trinajstić information content (AvgIpc) is 2.57. The Morgan fingerprint density at radius 2 is 2.28 bits per heavy atom. The molecule has 102 valence electrons. The molecule has 0 aromatic carbocycles. The molecule has 0 bridgehead atoms. The maximum Gasteiger partial charge on any atom is 0.0860 e. The Bertz CT molecular complexity index is 402. The zero-order valence-electron chi connectivity index (χ0n) is 11.5. The third-order valence-electron chi connectivity index (χ3n) is 3.69. The lowest BCUT2D eigenvalue weighted by Gasteiger charge is -2.23. The number of hydrogen-bond acceptors (Lipinski definition) is 3. The van der Waals surface area contributed by atoms with Crippen LogP contribution in [-0.4, -0.2) is 40.4 Å². The van der Waals surface area contributed by atoms with Crippen molar-refractivity contribution in [1.82, 2.24) is 20.0 Å². The largest absolute Gasteiger partial charge is 0.313 e. The molecule has 1 aliphatic heterocycles. The van der Waals surface area contributed by atoms with E-state index in [1.54, 1.807) is 0 Å². The number of hydrogen-bond donors (Lipinski definition) is 1. The van der Waals surface area contributed by atoms with Crippen molar-refractivity contribution < 1.29 is 0 Å². The van der Waals surface area contributed by atoms with E-state index in [2.05, 4.69) is 22.2 Å². The van der Waals surface area contributed by atoms with Gasteiger partial charge in [-0.25, -0.2) is 0 Å². The molecular formula is C13H23ClN4. The van der Waals surface area contributed by atoms with Crippen LogP contribution >= 0.6 is 11.6 Å². The lowest BCUT2D eigenvalue weighted by Crippen LogP contribution is -2.37. The second kappa shape index (κ2) is 6.04. The van der Waals surface area contributed by atoms with Gasteiger partial charge in [0, 0.05) is 26.2 Å². The molecule has 0 radical (unpaired) electrons. The molecule has 1 aromatic heterocycles. The van der Waals surface area contributed by atoms with Crippen molar-refractivity contribution in [2.75, 3.05) is 19.6 Å². The molecule has 0 amide bonds. The monoisotopic (exact) mass is 270 g/mol. The summed E-state index contributed by atoms with van der Waals surface area (Å²) >= 11 is 6.32. The minimum Gasteiger partial charge on any atom is -0.313 e. The van der Waals surface area contributed by atoms with Gasteiger partial charge >= 0.3 is 0 Å². The molecule has 4 nitrogen and oxygen atoms in total. The second-order valence-corrected chi connectivity index (χ2v) is 5.50. The number of halogens is 1. The van der Waals surface area contributed by atoms with Crippen LogP contribution in [0.4, 0.5) is 0 Å². The van der Waals surface area contributed by atoms with Crippen LogP contribution in [0.5, 0.6) is 0 Å². The Kier molecular flexibility index (Phi) is 4.65. The number of nitrogens with one attached hydrogen (secondary N) is 1. The van der Waals surface area contributed by atoms with Gasteiger partial charge in [0.2, 0.25) is 0 Å². The van der Waals surface area contributed by atoms with E-state index in [9.17, 15) is 0 Å². The summed E-state index contributed by atoms with van der Waals surface area (Å²) in [6.07, 6.45) is 2.37. The van der Waals surface area contributed by atoms with Gasteiger partial charge in [-0.1, -0.05) is 18.5 Å². The fourth-order valence-electron chi connectivity index (χ4n) is 2.56. The molecule has 5 heteroatoms. The summed E-state index contributed by atoms with van der Waals surface area (Å²) in [4.78, 5) is 2.48. The third kappa shape index (κ3) is 3.05. The summed E-state index contributed by atoms with van der Waals surface area (Å²) < 4.78 is 1.91. The number of nitrogens with zero attached hydrogens (tertiary/aromatic N) is 3. The Morgan fingerprint density at radius 1 is 1.50 bits per heavy atom. The van der Waals surface area contributed by atoms with Gasteiger partial charge < -0.3 is 5.32 Å². The lowest BCUT2D eigenvalue weighted by molar-refractivity contribution is 0.251.